The molecule has 2 rings (SSSR count). The molecule has 5 heteroatoms. The van der Waals surface area contributed by atoms with Gasteiger partial charge in [-0.3, -0.25) is 4.90 Å². The first-order valence-corrected chi connectivity index (χ1v) is 5.35. The monoisotopic (exact) mass is 234 g/mol. The molecule has 1 aliphatic heterocycles. The van der Waals surface area contributed by atoms with Crippen LogP contribution in [0.1, 0.15) is 5.56 Å². The minimum Gasteiger partial charge on any atom is -0.480 e. The van der Waals surface area contributed by atoms with E-state index in [0.29, 0.717) is 5.69 Å². The van der Waals surface area contributed by atoms with E-state index in [9.17, 15) is 9.59 Å². The number of benzene rings is 1. The zero-order valence-corrected chi connectivity index (χ0v) is 9.75. The maximum Gasteiger partial charge on any atom is 0.328 e. The van der Waals surface area contributed by atoms with Crippen LogP contribution < -0.4 is 4.90 Å². The zero-order valence-electron chi connectivity index (χ0n) is 9.75. The molecule has 1 fully saturated rings. The second-order valence-electron chi connectivity index (χ2n) is 4.17. The van der Waals surface area contributed by atoms with Crippen molar-refractivity contribution in [3.05, 3.63) is 29.8 Å². The molecule has 1 heterocycles. The van der Waals surface area contributed by atoms with Gasteiger partial charge in [0.2, 0.25) is 0 Å². The average Bonchev–Trinajstić information content (AvgIpc) is 2.57. The van der Waals surface area contributed by atoms with E-state index >= 15 is 0 Å². The standard InChI is InChI=1S/C12H14N2O3/c1-8-5-3-4-6-9(8)14-10(11(15)16)7-13(2)12(14)17/h3-6,10H,7H2,1-2H3,(H,15,16). The molecule has 0 radical (unpaired) electrons. The molecule has 90 valence electrons. The van der Waals surface area contributed by atoms with Gasteiger partial charge in [-0.25, -0.2) is 9.59 Å². The summed E-state index contributed by atoms with van der Waals surface area (Å²) in [5.74, 6) is -0.981. The molecular formula is C12H14N2O3. The summed E-state index contributed by atoms with van der Waals surface area (Å²) in [6.07, 6.45) is 0. The van der Waals surface area contributed by atoms with Crippen LogP contribution in [0.25, 0.3) is 0 Å². The number of carbonyl (C=O) groups is 2. The van der Waals surface area contributed by atoms with Crippen LogP contribution in [0.15, 0.2) is 24.3 Å². The third-order valence-electron chi connectivity index (χ3n) is 2.95. The molecule has 0 bridgehead atoms. The first-order valence-electron chi connectivity index (χ1n) is 5.35. The van der Waals surface area contributed by atoms with Gasteiger partial charge in [0.25, 0.3) is 0 Å². The van der Waals surface area contributed by atoms with Gasteiger partial charge in [-0.2, -0.15) is 0 Å². The number of carboxylic acid groups (broad SMARTS) is 1. The van der Waals surface area contributed by atoms with Gasteiger partial charge in [0, 0.05) is 12.7 Å². The van der Waals surface area contributed by atoms with E-state index in [4.69, 9.17) is 5.11 Å². The fourth-order valence-electron chi connectivity index (χ4n) is 2.03. The van der Waals surface area contributed by atoms with Crippen LogP contribution in [0.2, 0.25) is 0 Å². The summed E-state index contributed by atoms with van der Waals surface area (Å²) in [4.78, 5) is 25.9. The van der Waals surface area contributed by atoms with Crippen LogP contribution in [0.3, 0.4) is 0 Å². The summed E-state index contributed by atoms with van der Waals surface area (Å²) in [5.41, 5.74) is 1.55. The molecule has 1 aromatic carbocycles. The SMILES string of the molecule is Cc1ccccc1N1C(=O)N(C)CC1C(=O)O. The molecule has 5 nitrogen and oxygen atoms in total. The minimum absolute atomic E-state index is 0.211. The Labute approximate surface area is 99.3 Å². The number of aliphatic carboxylic acids is 1. The average molecular weight is 234 g/mol. The maximum atomic E-state index is 12.0. The third-order valence-corrected chi connectivity index (χ3v) is 2.95. The van der Waals surface area contributed by atoms with Crippen molar-refractivity contribution in [3.8, 4) is 0 Å². The minimum atomic E-state index is -0.981. The molecule has 17 heavy (non-hydrogen) atoms. The number of para-hydroxylation sites is 1. The fraction of sp³-hybridized carbons (Fsp3) is 0.333. The highest BCUT2D eigenvalue weighted by atomic mass is 16.4. The van der Waals surface area contributed by atoms with Crippen LogP contribution in [0.5, 0.6) is 0 Å². The number of urea groups is 1. The summed E-state index contributed by atoms with van der Waals surface area (Å²) < 4.78 is 0. The van der Waals surface area contributed by atoms with Gasteiger partial charge < -0.3 is 10.0 Å². The topological polar surface area (TPSA) is 60.9 Å². The van der Waals surface area contributed by atoms with Crippen LogP contribution in [-0.4, -0.2) is 41.6 Å². The van der Waals surface area contributed by atoms with Gasteiger partial charge >= 0.3 is 12.0 Å². The lowest BCUT2D eigenvalue weighted by Crippen LogP contribution is -2.40. The number of carboxylic acids is 1. The summed E-state index contributed by atoms with van der Waals surface area (Å²) >= 11 is 0. The predicted octanol–water partition coefficient (Wildman–Crippen LogP) is 1.32. The highest BCUT2D eigenvalue weighted by Gasteiger charge is 2.41. The molecule has 0 aliphatic carbocycles. The lowest BCUT2D eigenvalue weighted by molar-refractivity contribution is -0.138. The largest absolute Gasteiger partial charge is 0.480 e. The number of likely N-dealkylation sites (N-methyl/N-ethyl adjacent to an activating group) is 1. The molecular weight excluding hydrogens is 220 g/mol. The van der Waals surface area contributed by atoms with E-state index in [2.05, 4.69) is 0 Å². The van der Waals surface area contributed by atoms with Crippen molar-refractivity contribution in [2.45, 2.75) is 13.0 Å². The van der Waals surface area contributed by atoms with E-state index in [-0.39, 0.29) is 12.6 Å². The van der Waals surface area contributed by atoms with Crippen LogP contribution in [0, 0.1) is 6.92 Å². The van der Waals surface area contributed by atoms with Crippen molar-refractivity contribution in [1.29, 1.82) is 0 Å². The number of aryl methyl sites for hydroxylation is 1. The number of amides is 2. The van der Waals surface area contributed by atoms with E-state index in [1.165, 1.54) is 9.80 Å². The smallest absolute Gasteiger partial charge is 0.328 e. The summed E-state index contributed by atoms with van der Waals surface area (Å²) in [6, 6.07) is 6.20. The second-order valence-corrected chi connectivity index (χ2v) is 4.17. The normalized spacial score (nSPS) is 19.9. The molecule has 2 amide bonds. The third kappa shape index (κ3) is 1.84. The van der Waals surface area contributed by atoms with Crippen molar-refractivity contribution >= 4 is 17.7 Å². The Morgan fingerprint density at radius 2 is 2.06 bits per heavy atom. The molecule has 1 atom stereocenters. The van der Waals surface area contributed by atoms with Crippen LogP contribution in [-0.2, 0) is 4.79 Å². The first kappa shape index (κ1) is 11.4. The first-order chi connectivity index (χ1) is 8.02. The molecule has 1 N–H and O–H groups in total. The van der Waals surface area contributed by atoms with Gasteiger partial charge in [0.1, 0.15) is 0 Å². The van der Waals surface area contributed by atoms with Crippen LogP contribution >= 0.6 is 0 Å². The van der Waals surface area contributed by atoms with Crippen molar-refractivity contribution in [1.82, 2.24) is 4.90 Å². The van der Waals surface area contributed by atoms with Gasteiger partial charge in [-0.1, -0.05) is 18.2 Å². The Morgan fingerprint density at radius 3 is 2.65 bits per heavy atom. The molecule has 1 saturated heterocycles. The van der Waals surface area contributed by atoms with Gasteiger partial charge in [0.05, 0.1) is 6.54 Å². The quantitative estimate of drug-likeness (QED) is 0.839. The molecule has 1 unspecified atom stereocenters. The number of rotatable bonds is 2. The molecule has 0 spiro atoms. The summed E-state index contributed by atoms with van der Waals surface area (Å²) in [5, 5.41) is 9.15. The van der Waals surface area contributed by atoms with E-state index < -0.39 is 12.0 Å². The predicted molar refractivity (Wildman–Crippen MR) is 63.1 cm³/mol. The highest BCUT2D eigenvalue weighted by molar-refractivity contribution is 6.01. The Hall–Kier alpha value is -2.04. The zero-order chi connectivity index (χ0) is 12.6. The molecule has 0 saturated carbocycles. The summed E-state index contributed by atoms with van der Waals surface area (Å²) in [6.45, 7) is 2.07. The lowest BCUT2D eigenvalue weighted by Gasteiger charge is -2.21. The number of carbonyl (C=O) groups excluding carboxylic acids is 1. The van der Waals surface area contributed by atoms with Gasteiger partial charge in [-0.05, 0) is 18.6 Å². The highest BCUT2D eigenvalue weighted by Crippen LogP contribution is 2.27. The fourth-order valence-corrected chi connectivity index (χ4v) is 2.03. The molecule has 1 aliphatic rings. The number of anilines is 1. The van der Waals surface area contributed by atoms with Gasteiger partial charge in [0.15, 0.2) is 6.04 Å². The van der Waals surface area contributed by atoms with Crippen molar-refractivity contribution < 1.29 is 14.7 Å². The van der Waals surface area contributed by atoms with Crippen molar-refractivity contribution in [2.24, 2.45) is 0 Å². The van der Waals surface area contributed by atoms with E-state index in [1.54, 1.807) is 19.2 Å². The number of nitrogens with zero attached hydrogens (tertiary/aromatic N) is 2. The lowest BCUT2D eigenvalue weighted by atomic mass is 10.1. The summed E-state index contributed by atoms with van der Waals surface area (Å²) in [7, 11) is 1.61. The van der Waals surface area contributed by atoms with Gasteiger partial charge in [-0.15, -0.1) is 0 Å². The molecule has 0 aromatic heterocycles. The number of hydrogen-bond acceptors (Lipinski definition) is 2. The Bertz CT molecular complexity index is 473. The van der Waals surface area contributed by atoms with Crippen molar-refractivity contribution in [3.63, 3.8) is 0 Å². The van der Waals surface area contributed by atoms with E-state index in [1.807, 2.05) is 19.1 Å². The van der Waals surface area contributed by atoms with E-state index in [0.717, 1.165) is 5.56 Å². The van der Waals surface area contributed by atoms with Crippen molar-refractivity contribution in [2.75, 3.05) is 18.5 Å². The Morgan fingerprint density at radius 1 is 1.41 bits per heavy atom. The molecule has 1 aromatic rings. The Balaban J connectivity index is 2.45. The maximum absolute atomic E-state index is 12.0. The Kier molecular flexibility index (Phi) is 2.75. The number of hydrogen-bond donors (Lipinski definition) is 1. The van der Waals surface area contributed by atoms with Crippen LogP contribution in [0.4, 0.5) is 10.5 Å². The second kappa shape index (κ2) is 4.08.